The zero-order valence-corrected chi connectivity index (χ0v) is 69.5. The predicted molar refractivity (Wildman–Crippen MR) is 483 cm³/mol. The minimum Gasteiger partial charge on any atom is -0.455 e. The average Bonchev–Trinajstić information content (AvgIpc) is 1.58. The summed E-state index contributed by atoms with van der Waals surface area (Å²) < 4.78 is 25.2. The standard InChI is InChI=1S/4C21H20O.8C2H6.2CH4/c1-4-14-9-8-12-18-20(14)19-13(3)15(5-2)16-10-6-7-11-17(16)21(19)22-18;1-4-14-9-8-12-18-19-13(3)15(5-2)16-10-6-7-11-17(16)21(19)22-20(14)18;1-4-14-10-11-19-18(12-14)20-13(3)15(5-2)16-8-6-7-9-17(16)21(20)22-19;1-4-14-10-11-18-19(12-14)22-21-17-9-7-6-8-16(17)15(5-2)13(3)20(18)21;8*1-2;;/h4*6-12H,4-5H2,1-3H3;8*1-2H3;2*1H4. The molecule has 4 heteroatoms. The van der Waals surface area contributed by atoms with Crippen LogP contribution in [0.1, 0.15) is 248 Å². The first kappa shape index (κ1) is 91.1. The second kappa shape index (κ2) is 44.8. The van der Waals surface area contributed by atoms with E-state index < -0.39 is 0 Å². The van der Waals surface area contributed by atoms with E-state index in [1.54, 1.807) is 0 Å². The van der Waals surface area contributed by atoms with Gasteiger partial charge in [-0.3, -0.25) is 0 Å². The lowest BCUT2D eigenvalue weighted by molar-refractivity contribution is 0.667. The molecule has 16 aromatic rings. The Kier molecular flexibility index (Phi) is 38.5. The zero-order chi connectivity index (χ0) is 77.1. The molecule has 568 valence electrons. The van der Waals surface area contributed by atoms with Crippen molar-refractivity contribution in [3.8, 4) is 0 Å². The van der Waals surface area contributed by atoms with Crippen molar-refractivity contribution >= 4 is 131 Å². The largest absolute Gasteiger partial charge is 0.455 e. The van der Waals surface area contributed by atoms with Crippen LogP contribution in [0.5, 0.6) is 0 Å². The number of hydrogen-bond acceptors (Lipinski definition) is 4. The maximum atomic E-state index is 6.37. The highest BCUT2D eigenvalue weighted by Crippen LogP contribution is 2.45. The third kappa shape index (κ3) is 17.8. The highest BCUT2D eigenvalue weighted by atomic mass is 16.3. The van der Waals surface area contributed by atoms with Gasteiger partial charge in [-0.05, 0) is 192 Å². The minimum absolute atomic E-state index is 0. The Hall–Kier alpha value is -9.12. The van der Waals surface area contributed by atoms with Gasteiger partial charge in [-0.1, -0.05) is 327 Å². The lowest BCUT2D eigenvalue weighted by Crippen LogP contribution is -1.91. The third-order valence-corrected chi connectivity index (χ3v) is 19.4. The molecule has 0 amide bonds. The van der Waals surface area contributed by atoms with Crippen LogP contribution in [-0.4, -0.2) is 0 Å². The van der Waals surface area contributed by atoms with Gasteiger partial charge in [0.15, 0.2) is 0 Å². The van der Waals surface area contributed by atoms with Crippen molar-refractivity contribution in [1.82, 2.24) is 0 Å². The monoisotopic (exact) mass is 1430 g/mol. The molecule has 12 aromatic carbocycles. The molecular formula is C102H136O4. The van der Waals surface area contributed by atoms with Gasteiger partial charge in [0.2, 0.25) is 0 Å². The summed E-state index contributed by atoms with van der Waals surface area (Å²) >= 11 is 0. The summed E-state index contributed by atoms with van der Waals surface area (Å²) in [5.41, 5.74) is 24.8. The van der Waals surface area contributed by atoms with E-state index in [1.165, 1.54) is 153 Å². The van der Waals surface area contributed by atoms with Crippen LogP contribution in [-0.2, 0) is 51.4 Å². The molecule has 0 aliphatic carbocycles. The maximum Gasteiger partial charge on any atom is 0.143 e. The fourth-order valence-corrected chi connectivity index (χ4v) is 14.9. The van der Waals surface area contributed by atoms with Crippen LogP contribution in [0.4, 0.5) is 0 Å². The van der Waals surface area contributed by atoms with Gasteiger partial charge in [0.25, 0.3) is 0 Å². The Morgan fingerprint density at radius 3 is 0.925 bits per heavy atom. The topological polar surface area (TPSA) is 52.6 Å². The summed E-state index contributed by atoms with van der Waals surface area (Å²) in [5, 5.41) is 20.5. The van der Waals surface area contributed by atoms with Crippen molar-refractivity contribution in [1.29, 1.82) is 0 Å². The molecule has 0 unspecified atom stereocenters. The van der Waals surface area contributed by atoms with E-state index in [0.29, 0.717) is 0 Å². The van der Waals surface area contributed by atoms with Crippen molar-refractivity contribution in [2.24, 2.45) is 0 Å². The molecule has 4 aromatic heterocycles. The molecule has 0 saturated heterocycles. The molecule has 0 fully saturated rings. The van der Waals surface area contributed by atoms with Crippen LogP contribution in [0.25, 0.3) is 131 Å². The van der Waals surface area contributed by atoms with Gasteiger partial charge in [0.1, 0.15) is 44.7 Å². The lowest BCUT2D eigenvalue weighted by Gasteiger charge is -2.11. The number of para-hydroxylation sites is 1. The highest BCUT2D eigenvalue weighted by Gasteiger charge is 2.22. The van der Waals surface area contributed by atoms with Crippen LogP contribution in [0.3, 0.4) is 0 Å². The molecular weight excluding hydrogens is 1290 g/mol. The van der Waals surface area contributed by atoms with Crippen LogP contribution in [0, 0.1) is 27.7 Å². The number of aryl methyl sites for hydroxylation is 12. The number of fused-ring (bicyclic) bond motifs is 20. The van der Waals surface area contributed by atoms with E-state index in [9.17, 15) is 0 Å². The van der Waals surface area contributed by atoms with E-state index in [2.05, 4.69) is 253 Å². The number of hydrogen-bond donors (Lipinski definition) is 0. The van der Waals surface area contributed by atoms with E-state index >= 15 is 0 Å². The van der Waals surface area contributed by atoms with Crippen molar-refractivity contribution in [3.05, 3.63) is 237 Å². The summed E-state index contributed by atoms with van der Waals surface area (Å²) in [7, 11) is 0. The molecule has 4 heterocycles. The molecule has 0 bridgehead atoms. The average molecular weight is 1430 g/mol. The maximum absolute atomic E-state index is 6.37. The minimum atomic E-state index is 0. The van der Waals surface area contributed by atoms with Crippen molar-refractivity contribution in [2.45, 2.75) is 260 Å². The smallest absolute Gasteiger partial charge is 0.143 e. The Labute approximate surface area is 641 Å². The van der Waals surface area contributed by atoms with Gasteiger partial charge in [-0.25, -0.2) is 0 Å². The first-order chi connectivity index (χ1) is 51.0. The van der Waals surface area contributed by atoms with Gasteiger partial charge in [-0.15, -0.1) is 0 Å². The molecule has 0 spiro atoms. The Morgan fingerprint density at radius 2 is 0.519 bits per heavy atom. The fraction of sp³-hybridized carbons (Fsp3) is 0.373. The molecule has 0 atom stereocenters. The second-order valence-electron chi connectivity index (χ2n) is 23.9. The van der Waals surface area contributed by atoms with E-state index in [-0.39, 0.29) is 14.9 Å². The summed E-state index contributed by atoms with van der Waals surface area (Å²) in [5.74, 6) is 0. The summed E-state index contributed by atoms with van der Waals surface area (Å²) in [6.45, 7) is 58.7. The molecule has 4 nitrogen and oxygen atoms in total. The van der Waals surface area contributed by atoms with Crippen LogP contribution in [0.15, 0.2) is 188 Å². The van der Waals surface area contributed by atoms with Gasteiger partial charge in [0.05, 0.1) is 0 Å². The number of rotatable bonds is 8. The fourth-order valence-electron chi connectivity index (χ4n) is 14.9. The van der Waals surface area contributed by atoms with Crippen LogP contribution >= 0.6 is 0 Å². The number of furan rings is 4. The molecule has 106 heavy (non-hydrogen) atoms. The van der Waals surface area contributed by atoms with Crippen molar-refractivity contribution < 1.29 is 17.7 Å². The van der Waals surface area contributed by atoms with Gasteiger partial charge < -0.3 is 17.7 Å². The Morgan fingerprint density at radius 1 is 0.208 bits per heavy atom. The molecule has 16 rings (SSSR count). The number of benzene rings is 12. The van der Waals surface area contributed by atoms with E-state index in [4.69, 9.17) is 17.7 Å². The predicted octanol–water partition coefficient (Wildman–Crippen LogP) is 34.2. The molecule has 0 N–H and O–H groups in total. The van der Waals surface area contributed by atoms with Crippen molar-refractivity contribution in [2.75, 3.05) is 0 Å². The summed E-state index contributed by atoms with van der Waals surface area (Å²) in [6, 6.07) is 60.6. The first-order valence-electron chi connectivity index (χ1n) is 40.4. The summed E-state index contributed by atoms with van der Waals surface area (Å²) in [6.07, 6.45) is 8.29. The van der Waals surface area contributed by atoms with Gasteiger partial charge in [-0.2, -0.15) is 0 Å². The molecule has 0 aliphatic heterocycles. The molecule has 0 radical (unpaired) electrons. The molecule has 0 aliphatic rings. The molecule has 0 saturated carbocycles. The van der Waals surface area contributed by atoms with E-state index in [0.717, 1.165) is 96.0 Å². The van der Waals surface area contributed by atoms with Crippen molar-refractivity contribution in [3.63, 3.8) is 0 Å². The SMILES string of the molecule is C.C.CC.CC.CC.CC.CC.CC.CC.CC.CCc1c(C)c2c(oc3cccc(CC)c32)c2ccccc12.CCc1c(C)c2c3cccc(CC)c3oc2c2ccccc12.CCc1ccc2c(c1)oc1c3ccccc3c(CC)c(C)c21.CCc1ccc2oc3c4ccccc4c(CC)c(C)c3c2c1. The highest BCUT2D eigenvalue weighted by molar-refractivity contribution is 6.21. The van der Waals surface area contributed by atoms with E-state index in [1.807, 2.05) is 111 Å². The Bertz CT molecular complexity index is 5260. The third-order valence-electron chi connectivity index (χ3n) is 19.4. The van der Waals surface area contributed by atoms with Gasteiger partial charge >= 0.3 is 0 Å². The van der Waals surface area contributed by atoms with Gasteiger partial charge in [0, 0.05) is 64.6 Å². The first-order valence-corrected chi connectivity index (χ1v) is 40.4. The normalized spacial score (nSPS) is 10.2. The Balaban J connectivity index is 0.000000342. The summed E-state index contributed by atoms with van der Waals surface area (Å²) in [4.78, 5) is 0. The van der Waals surface area contributed by atoms with Crippen LogP contribution < -0.4 is 0 Å². The lowest BCUT2D eigenvalue weighted by atomic mass is 9.92. The quantitative estimate of drug-likeness (QED) is 0.152. The van der Waals surface area contributed by atoms with Crippen LogP contribution in [0.2, 0.25) is 0 Å². The zero-order valence-electron chi connectivity index (χ0n) is 69.5. The second-order valence-corrected chi connectivity index (χ2v) is 23.9.